The summed E-state index contributed by atoms with van der Waals surface area (Å²) in [6, 6.07) is -0.0886. The van der Waals surface area contributed by atoms with E-state index in [0.717, 1.165) is 6.42 Å². The van der Waals surface area contributed by atoms with Gasteiger partial charge in [0.05, 0.1) is 12.1 Å². The Labute approximate surface area is 128 Å². The second kappa shape index (κ2) is 7.18. The van der Waals surface area contributed by atoms with Gasteiger partial charge in [0.25, 0.3) is 0 Å². The highest BCUT2D eigenvalue weighted by Gasteiger charge is 2.34. The van der Waals surface area contributed by atoms with E-state index in [4.69, 9.17) is 49.0 Å². The van der Waals surface area contributed by atoms with Gasteiger partial charge in [-0.25, -0.2) is 4.79 Å². The topological polar surface area (TPSA) is 48.0 Å². The first kappa shape index (κ1) is 17.1. The quantitative estimate of drug-likeness (QED) is 0.745. The molecule has 0 saturated carbocycles. The molecule has 19 heavy (non-hydrogen) atoms. The van der Waals surface area contributed by atoms with E-state index in [1.807, 2.05) is 6.92 Å². The summed E-state index contributed by atoms with van der Waals surface area (Å²) >= 11 is 16.6. The summed E-state index contributed by atoms with van der Waals surface area (Å²) in [4.78, 5) is 13.3. The molecule has 0 N–H and O–H groups in total. The molecule has 0 radical (unpaired) electrons. The van der Waals surface area contributed by atoms with E-state index >= 15 is 0 Å². The Morgan fingerprint density at radius 1 is 1.42 bits per heavy atom. The summed E-state index contributed by atoms with van der Waals surface area (Å²) in [6.07, 6.45) is 0.565. The molecule has 112 valence electrons. The molecule has 1 fully saturated rings. The van der Waals surface area contributed by atoms with Gasteiger partial charge in [0.1, 0.15) is 6.61 Å². The molecule has 1 aliphatic rings. The molecule has 1 saturated heterocycles. The summed E-state index contributed by atoms with van der Waals surface area (Å²) in [5, 5.41) is 0. The molecule has 1 amide bonds. The van der Waals surface area contributed by atoms with E-state index in [0.29, 0.717) is 6.42 Å². The minimum atomic E-state index is -1.60. The molecule has 8 heteroatoms. The van der Waals surface area contributed by atoms with E-state index in [1.54, 1.807) is 14.2 Å². The van der Waals surface area contributed by atoms with Crippen LogP contribution >= 0.6 is 34.8 Å². The van der Waals surface area contributed by atoms with Crippen LogP contribution in [0, 0.1) is 0 Å². The van der Waals surface area contributed by atoms with Crippen molar-refractivity contribution in [2.24, 2.45) is 0 Å². The van der Waals surface area contributed by atoms with Gasteiger partial charge >= 0.3 is 6.09 Å². The molecule has 3 atom stereocenters. The van der Waals surface area contributed by atoms with E-state index in [9.17, 15) is 4.79 Å². The molecule has 0 aromatic heterocycles. The van der Waals surface area contributed by atoms with Gasteiger partial charge in [-0.2, -0.15) is 0 Å². The third-order valence-electron chi connectivity index (χ3n) is 3.01. The van der Waals surface area contributed by atoms with Crippen LogP contribution in [0.5, 0.6) is 0 Å². The first-order valence-corrected chi connectivity index (χ1v) is 7.02. The summed E-state index contributed by atoms with van der Waals surface area (Å²) in [5.74, 6) is 0. The Kier molecular flexibility index (Phi) is 6.47. The maximum absolute atomic E-state index is 11.8. The lowest BCUT2D eigenvalue weighted by Crippen LogP contribution is -2.49. The first-order chi connectivity index (χ1) is 8.74. The van der Waals surface area contributed by atoms with E-state index in [1.165, 1.54) is 4.90 Å². The zero-order chi connectivity index (χ0) is 14.6. The lowest BCUT2D eigenvalue weighted by atomic mass is 10.0. The molecule has 1 unspecified atom stereocenters. The number of hydrogen-bond donors (Lipinski definition) is 0. The second-order valence-corrected chi connectivity index (χ2v) is 6.95. The number of carbonyl (C=O) groups excluding carboxylic acids is 1. The average molecular weight is 335 g/mol. The van der Waals surface area contributed by atoms with Crippen molar-refractivity contribution >= 4 is 40.9 Å². The number of alkyl halides is 3. The molecule has 5 nitrogen and oxygen atoms in total. The zero-order valence-electron chi connectivity index (χ0n) is 11.1. The molecular weight excluding hydrogens is 316 g/mol. The fraction of sp³-hybridized carbons (Fsp3) is 0.909. The van der Waals surface area contributed by atoms with Gasteiger partial charge in [-0.05, 0) is 13.3 Å². The Balaban J connectivity index is 2.48. The Hall–Kier alpha value is 0.0600. The summed E-state index contributed by atoms with van der Waals surface area (Å²) in [7, 11) is 3.23. The van der Waals surface area contributed by atoms with Crippen molar-refractivity contribution in [3.63, 3.8) is 0 Å². The number of methoxy groups -OCH3 is 1. The van der Waals surface area contributed by atoms with Crippen molar-refractivity contribution in [3.8, 4) is 0 Å². The number of carbonyl (C=O) groups is 1. The molecule has 0 spiro atoms. The lowest BCUT2D eigenvalue weighted by molar-refractivity contribution is -0.192. The van der Waals surface area contributed by atoms with Crippen LogP contribution in [0.3, 0.4) is 0 Å². The molecular formula is C11H18Cl3NO4. The highest BCUT2D eigenvalue weighted by Crippen LogP contribution is 2.27. The zero-order valence-corrected chi connectivity index (χ0v) is 13.3. The number of hydrogen-bond acceptors (Lipinski definition) is 4. The van der Waals surface area contributed by atoms with E-state index in [2.05, 4.69) is 0 Å². The molecule has 1 aliphatic heterocycles. The number of ether oxygens (including phenoxy) is 3. The Morgan fingerprint density at radius 3 is 2.53 bits per heavy atom. The highest BCUT2D eigenvalue weighted by molar-refractivity contribution is 6.67. The van der Waals surface area contributed by atoms with Gasteiger partial charge in [-0.1, -0.05) is 34.8 Å². The van der Waals surface area contributed by atoms with Crippen molar-refractivity contribution in [1.29, 1.82) is 0 Å². The number of nitrogens with zero attached hydrogens (tertiary/aromatic N) is 1. The monoisotopic (exact) mass is 333 g/mol. The Morgan fingerprint density at radius 2 is 2.05 bits per heavy atom. The van der Waals surface area contributed by atoms with Crippen LogP contribution in [0.1, 0.15) is 19.8 Å². The SMILES string of the molecule is COC1CC[C@H](N(C)C(=O)OCC(Cl)(Cl)Cl)[C@H](C)O1. The van der Waals surface area contributed by atoms with Crippen molar-refractivity contribution in [2.45, 2.75) is 42.0 Å². The van der Waals surface area contributed by atoms with Crippen LogP contribution in [0.25, 0.3) is 0 Å². The normalized spacial score (nSPS) is 28.0. The minimum Gasteiger partial charge on any atom is -0.445 e. The Bertz CT molecular complexity index is 311. The molecule has 0 aromatic carbocycles. The van der Waals surface area contributed by atoms with Crippen LogP contribution < -0.4 is 0 Å². The fourth-order valence-electron chi connectivity index (χ4n) is 2.00. The summed E-state index contributed by atoms with van der Waals surface area (Å²) in [5.41, 5.74) is 0. The number of halogens is 3. The van der Waals surface area contributed by atoms with E-state index < -0.39 is 9.89 Å². The predicted molar refractivity (Wildman–Crippen MR) is 73.8 cm³/mol. The second-order valence-electron chi connectivity index (χ2n) is 4.43. The maximum atomic E-state index is 11.8. The third-order valence-corrected chi connectivity index (χ3v) is 3.34. The predicted octanol–water partition coefficient (Wildman–Crippen LogP) is 2.97. The van der Waals surface area contributed by atoms with Crippen LogP contribution in [0.15, 0.2) is 0 Å². The summed E-state index contributed by atoms with van der Waals surface area (Å²) in [6.45, 7) is 1.60. The molecule has 0 aromatic rings. The maximum Gasteiger partial charge on any atom is 0.409 e. The number of likely N-dealkylation sites (N-methyl/N-ethyl adjacent to an activating group) is 1. The van der Waals surface area contributed by atoms with Crippen molar-refractivity contribution in [3.05, 3.63) is 0 Å². The summed E-state index contributed by atoms with van der Waals surface area (Å²) < 4.78 is 14.1. The smallest absolute Gasteiger partial charge is 0.409 e. The lowest BCUT2D eigenvalue weighted by Gasteiger charge is -2.38. The van der Waals surface area contributed by atoms with Gasteiger partial charge in [0.15, 0.2) is 6.29 Å². The molecule has 0 aliphatic carbocycles. The van der Waals surface area contributed by atoms with Gasteiger partial charge in [-0.3, -0.25) is 0 Å². The van der Waals surface area contributed by atoms with Crippen LogP contribution in [-0.4, -0.2) is 54.0 Å². The first-order valence-electron chi connectivity index (χ1n) is 5.89. The number of rotatable bonds is 3. The third kappa shape index (κ3) is 5.52. The van der Waals surface area contributed by atoms with Crippen LogP contribution in [0.2, 0.25) is 0 Å². The van der Waals surface area contributed by atoms with Crippen molar-refractivity contribution < 1.29 is 19.0 Å². The van der Waals surface area contributed by atoms with E-state index in [-0.39, 0.29) is 25.0 Å². The van der Waals surface area contributed by atoms with Gasteiger partial charge in [0, 0.05) is 20.6 Å². The largest absolute Gasteiger partial charge is 0.445 e. The van der Waals surface area contributed by atoms with Gasteiger partial charge < -0.3 is 19.1 Å². The van der Waals surface area contributed by atoms with Gasteiger partial charge in [0.2, 0.25) is 3.79 Å². The molecule has 1 heterocycles. The van der Waals surface area contributed by atoms with Crippen molar-refractivity contribution in [2.75, 3.05) is 20.8 Å². The van der Waals surface area contributed by atoms with Crippen LogP contribution in [-0.2, 0) is 14.2 Å². The standard InChI is InChI=1S/C11H18Cl3NO4/c1-7-8(4-5-9(17-3)19-7)15(2)10(16)18-6-11(12,13)14/h7-9H,4-6H2,1-3H3/t7-,8-,9?/m0/s1. The molecule has 0 bridgehead atoms. The highest BCUT2D eigenvalue weighted by atomic mass is 35.6. The van der Waals surface area contributed by atoms with Crippen LogP contribution in [0.4, 0.5) is 4.79 Å². The average Bonchev–Trinajstić information content (AvgIpc) is 2.34. The van der Waals surface area contributed by atoms with Gasteiger partial charge in [-0.15, -0.1) is 0 Å². The molecule has 1 rings (SSSR count). The minimum absolute atomic E-state index is 0.0886. The van der Waals surface area contributed by atoms with Crippen molar-refractivity contribution in [1.82, 2.24) is 4.90 Å². The fourth-order valence-corrected chi connectivity index (χ4v) is 2.17. The number of amides is 1.